The highest BCUT2D eigenvalue weighted by Gasteiger charge is 2.06. The lowest BCUT2D eigenvalue weighted by Crippen LogP contribution is -1.87. The first-order valence-electron chi connectivity index (χ1n) is 4.86. The number of aromatic nitrogens is 1. The van der Waals surface area contributed by atoms with E-state index >= 15 is 0 Å². The second-order valence-corrected chi connectivity index (χ2v) is 4.35. The van der Waals surface area contributed by atoms with Crippen molar-refractivity contribution in [3.8, 4) is 0 Å². The molecule has 14 heavy (non-hydrogen) atoms. The number of thiazole rings is 1. The van der Waals surface area contributed by atoms with Gasteiger partial charge in [0, 0.05) is 16.5 Å². The Morgan fingerprint density at radius 3 is 3.00 bits per heavy atom. The minimum Gasteiger partial charge on any atom is -0.304 e. The van der Waals surface area contributed by atoms with Crippen LogP contribution < -0.4 is 0 Å². The first-order valence-corrected chi connectivity index (χ1v) is 5.74. The third-order valence-corrected chi connectivity index (χ3v) is 3.57. The highest BCUT2D eigenvalue weighted by molar-refractivity contribution is 7.15. The number of para-hydroxylation sites is 1. The Kier molecular flexibility index (Phi) is 1.64. The van der Waals surface area contributed by atoms with Crippen molar-refractivity contribution in [1.29, 1.82) is 0 Å². The average molecular weight is 201 g/mol. The predicted molar refractivity (Wildman–Crippen MR) is 62.2 cm³/mol. The quantitative estimate of drug-likeness (QED) is 0.565. The number of hydrogen-bond acceptors (Lipinski definition) is 1. The Bertz CT molecular complexity index is 588. The van der Waals surface area contributed by atoms with Gasteiger partial charge in [-0.25, -0.2) is 0 Å². The van der Waals surface area contributed by atoms with Crippen molar-refractivity contribution in [3.63, 3.8) is 0 Å². The first-order chi connectivity index (χ1) is 6.90. The molecule has 0 bridgehead atoms. The van der Waals surface area contributed by atoms with Crippen molar-refractivity contribution in [2.24, 2.45) is 0 Å². The molecule has 1 nitrogen and oxygen atoms in total. The molecular formula is C12H11NS. The molecule has 0 unspecified atom stereocenters. The SMILES string of the molecule is CCc1csc2cc3ccccc3n12. The minimum absolute atomic E-state index is 1.10. The lowest BCUT2D eigenvalue weighted by atomic mass is 10.2. The molecule has 0 saturated heterocycles. The summed E-state index contributed by atoms with van der Waals surface area (Å²) >= 11 is 1.83. The monoisotopic (exact) mass is 201 g/mol. The predicted octanol–water partition coefficient (Wildman–Crippen LogP) is 3.72. The Morgan fingerprint density at radius 2 is 2.14 bits per heavy atom. The fraction of sp³-hybridized carbons (Fsp3) is 0.167. The van der Waals surface area contributed by atoms with Crippen LogP contribution in [0.25, 0.3) is 15.7 Å². The maximum Gasteiger partial charge on any atom is 0.100 e. The Morgan fingerprint density at radius 1 is 1.29 bits per heavy atom. The van der Waals surface area contributed by atoms with Gasteiger partial charge in [0.2, 0.25) is 0 Å². The van der Waals surface area contributed by atoms with Gasteiger partial charge in [0.1, 0.15) is 4.83 Å². The van der Waals surface area contributed by atoms with E-state index in [2.05, 4.69) is 47.0 Å². The highest BCUT2D eigenvalue weighted by Crippen LogP contribution is 2.26. The molecule has 0 radical (unpaired) electrons. The molecule has 2 heterocycles. The van der Waals surface area contributed by atoms with E-state index in [1.165, 1.54) is 21.4 Å². The van der Waals surface area contributed by atoms with Crippen molar-refractivity contribution >= 4 is 27.1 Å². The molecule has 1 aromatic carbocycles. The molecule has 0 aliphatic carbocycles. The van der Waals surface area contributed by atoms with Crippen LogP contribution in [0.2, 0.25) is 0 Å². The molecule has 0 spiro atoms. The van der Waals surface area contributed by atoms with Gasteiger partial charge in [-0.3, -0.25) is 0 Å². The number of aryl methyl sites for hydroxylation is 1. The third-order valence-electron chi connectivity index (χ3n) is 2.64. The number of nitrogens with zero attached hydrogens (tertiary/aromatic N) is 1. The van der Waals surface area contributed by atoms with Crippen LogP contribution in [0.15, 0.2) is 35.7 Å². The summed E-state index contributed by atoms with van der Waals surface area (Å²) in [4.78, 5) is 1.35. The van der Waals surface area contributed by atoms with Gasteiger partial charge in [-0.15, -0.1) is 11.3 Å². The molecule has 0 atom stereocenters. The van der Waals surface area contributed by atoms with Gasteiger partial charge in [0.15, 0.2) is 0 Å². The Balaban J connectivity index is 2.54. The van der Waals surface area contributed by atoms with Gasteiger partial charge in [-0.2, -0.15) is 0 Å². The average Bonchev–Trinajstić information content (AvgIpc) is 2.75. The molecule has 0 saturated carbocycles. The molecule has 0 aliphatic rings. The topological polar surface area (TPSA) is 4.41 Å². The highest BCUT2D eigenvalue weighted by atomic mass is 32.1. The smallest absolute Gasteiger partial charge is 0.100 e. The molecule has 0 N–H and O–H groups in total. The van der Waals surface area contributed by atoms with E-state index in [0.29, 0.717) is 0 Å². The third kappa shape index (κ3) is 0.946. The standard InChI is InChI=1S/C12H11NS/c1-2-10-8-14-12-7-9-5-3-4-6-11(9)13(10)12/h3-8H,2H2,1H3. The van der Waals surface area contributed by atoms with E-state index in [4.69, 9.17) is 0 Å². The summed E-state index contributed by atoms with van der Waals surface area (Å²) in [6, 6.07) is 10.8. The van der Waals surface area contributed by atoms with E-state index in [1.807, 2.05) is 11.3 Å². The zero-order valence-electron chi connectivity index (χ0n) is 8.03. The molecule has 0 aliphatic heterocycles. The molecule has 70 valence electrons. The van der Waals surface area contributed by atoms with Crippen LogP contribution in [0, 0.1) is 0 Å². The van der Waals surface area contributed by atoms with E-state index in [0.717, 1.165) is 6.42 Å². The van der Waals surface area contributed by atoms with Gasteiger partial charge in [0.05, 0.1) is 5.52 Å². The van der Waals surface area contributed by atoms with Gasteiger partial charge >= 0.3 is 0 Å². The minimum atomic E-state index is 1.10. The lowest BCUT2D eigenvalue weighted by molar-refractivity contribution is 1.03. The Labute approximate surface area is 86.6 Å². The van der Waals surface area contributed by atoms with Crippen LogP contribution in [0.3, 0.4) is 0 Å². The summed E-state index contributed by atoms with van der Waals surface area (Å²) in [6.07, 6.45) is 1.10. The summed E-state index contributed by atoms with van der Waals surface area (Å²) < 4.78 is 2.36. The summed E-state index contributed by atoms with van der Waals surface area (Å²) in [5.74, 6) is 0. The first kappa shape index (κ1) is 8.06. The van der Waals surface area contributed by atoms with Crippen LogP contribution >= 0.6 is 11.3 Å². The maximum absolute atomic E-state index is 2.36. The van der Waals surface area contributed by atoms with Gasteiger partial charge in [0.25, 0.3) is 0 Å². The van der Waals surface area contributed by atoms with E-state index in [1.54, 1.807) is 0 Å². The summed E-state index contributed by atoms with van der Waals surface area (Å²) in [7, 11) is 0. The van der Waals surface area contributed by atoms with Crippen molar-refractivity contribution < 1.29 is 0 Å². The summed E-state index contributed by atoms with van der Waals surface area (Å²) in [6.45, 7) is 2.20. The van der Waals surface area contributed by atoms with Crippen LogP contribution in [0.5, 0.6) is 0 Å². The molecule has 2 heteroatoms. The van der Waals surface area contributed by atoms with Crippen molar-refractivity contribution in [2.45, 2.75) is 13.3 Å². The maximum atomic E-state index is 2.36. The van der Waals surface area contributed by atoms with E-state index in [9.17, 15) is 0 Å². The summed E-state index contributed by atoms with van der Waals surface area (Å²) in [5.41, 5.74) is 2.74. The van der Waals surface area contributed by atoms with Crippen LogP contribution in [0.1, 0.15) is 12.6 Å². The fourth-order valence-electron chi connectivity index (χ4n) is 1.94. The van der Waals surface area contributed by atoms with E-state index in [-0.39, 0.29) is 0 Å². The number of hydrogen-bond donors (Lipinski definition) is 0. The molecule has 0 fully saturated rings. The lowest BCUT2D eigenvalue weighted by Gasteiger charge is -1.96. The second kappa shape index (κ2) is 2.85. The molecule has 3 aromatic rings. The zero-order valence-corrected chi connectivity index (χ0v) is 8.84. The van der Waals surface area contributed by atoms with Crippen molar-refractivity contribution in [1.82, 2.24) is 4.40 Å². The fourth-order valence-corrected chi connectivity index (χ4v) is 2.98. The number of benzene rings is 1. The molecule has 0 amide bonds. The van der Waals surface area contributed by atoms with Gasteiger partial charge in [-0.05, 0) is 18.6 Å². The second-order valence-electron chi connectivity index (χ2n) is 3.46. The Hall–Kier alpha value is -1.28. The van der Waals surface area contributed by atoms with Crippen LogP contribution in [-0.4, -0.2) is 4.40 Å². The van der Waals surface area contributed by atoms with Crippen molar-refractivity contribution in [2.75, 3.05) is 0 Å². The molecular weight excluding hydrogens is 190 g/mol. The zero-order chi connectivity index (χ0) is 9.54. The van der Waals surface area contributed by atoms with Crippen molar-refractivity contribution in [3.05, 3.63) is 41.4 Å². The normalized spacial score (nSPS) is 11.5. The van der Waals surface area contributed by atoms with Gasteiger partial charge in [-0.1, -0.05) is 25.1 Å². The van der Waals surface area contributed by atoms with Crippen LogP contribution in [-0.2, 0) is 6.42 Å². The number of rotatable bonds is 1. The number of fused-ring (bicyclic) bond motifs is 3. The van der Waals surface area contributed by atoms with E-state index < -0.39 is 0 Å². The summed E-state index contributed by atoms with van der Waals surface area (Å²) in [5, 5.41) is 3.59. The van der Waals surface area contributed by atoms with Gasteiger partial charge < -0.3 is 4.40 Å². The molecule has 3 rings (SSSR count). The molecule has 2 aromatic heterocycles. The van der Waals surface area contributed by atoms with Crippen LogP contribution in [0.4, 0.5) is 0 Å². The largest absolute Gasteiger partial charge is 0.304 e.